The van der Waals surface area contributed by atoms with Crippen LogP contribution in [0.15, 0.2) is 24.3 Å². The van der Waals surface area contributed by atoms with Gasteiger partial charge in [0.1, 0.15) is 17.1 Å². The van der Waals surface area contributed by atoms with Crippen LogP contribution >= 0.6 is 0 Å². The quantitative estimate of drug-likeness (QED) is 0.763. The first-order chi connectivity index (χ1) is 10.4. The van der Waals surface area contributed by atoms with Gasteiger partial charge in [-0.1, -0.05) is 25.5 Å². The molecule has 0 spiro atoms. The Hall–Kier alpha value is -1.44. The number of hydrogen-bond acceptors (Lipinski definition) is 2. The fourth-order valence-corrected chi connectivity index (χ4v) is 4.31. The largest absolute Gasteiger partial charge is 0.508 e. The summed E-state index contributed by atoms with van der Waals surface area (Å²) in [7, 11) is 0. The fourth-order valence-electron chi connectivity index (χ4n) is 4.31. The molecule has 1 unspecified atom stereocenters. The van der Waals surface area contributed by atoms with Gasteiger partial charge in [0.2, 0.25) is 0 Å². The van der Waals surface area contributed by atoms with E-state index in [1.165, 1.54) is 11.1 Å². The second kappa shape index (κ2) is 5.64. The summed E-state index contributed by atoms with van der Waals surface area (Å²) in [4.78, 5) is 0. The molecule has 2 nitrogen and oxygen atoms in total. The number of phenols is 1. The summed E-state index contributed by atoms with van der Waals surface area (Å²) in [5.74, 6) is 2.13. The fraction of sp³-hybridized carbons (Fsp3) is 0.600. The number of benzene rings is 1. The van der Waals surface area contributed by atoms with Crippen molar-refractivity contribution < 1.29 is 9.84 Å². The molecule has 2 aliphatic rings. The topological polar surface area (TPSA) is 29.5 Å². The predicted octanol–water partition coefficient (Wildman–Crippen LogP) is 5.35. The maximum atomic E-state index is 10.7. The molecule has 0 amide bonds. The van der Waals surface area contributed by atoms with E-state index in [0.29, 0.717) is 17.6 Å². The molecular formula is C20H28O2. The predicted molar refractivity (Wildman–Crippen MR) is 90.6 cm³/mol. The number of hydrogen-bond donors (Lipinski definition) is 1. The minimum absolute atomic E-state index is 0.106. The van der Waals surface area contributed by atoms with Crippen LogP contribution < -0.4 is 4.74 Å². The Morgan fingerprint density at radius 1 is 1.36 bits per heavy atom. The lowest BCUT2D eigenvalue weighted by Crippen LogP contribution is -2.32. The molecule has 3 atom stereocenters. The van der Waals surface area contributed by atoms with E-state index >= 15 is 0 Å². The lowest BCUT2D eigenvalue weighted by Gasteiger charge is -2.33. The Bertz CT molecular complexity index is 590. The van der Waals surface area contributed by atoms with Crippen molar-refractivity contribution in [2.45, 2.75) is 70.8 Å². The van der Waals surface area contributed by atoms with Crippen molar-refractivity contribution in [2.75, 3.05) is 0 Å². The molecule has 1 saturated carbocycles. The van der Waals surface area contributed by atoms with Crippen molar-refractivity contribution in [3.05, 3.63) is 35.4 Å². The van der Waals surface area contributed by atoms with Gasteiger partial charge >= 0.3 is 0 Å². The van der Waals surface area contributed by atoms with Crippen molar-refractivity contribution in [1.29, 1.82) is 0 Å². The number of rotatable bonds is 3. The highest BCUT2D eigenvalue weighted by atomic mass is 16.5. The van der Waals surface area contributed by atoms with Crippen LogP contribution in [-0.2, 0) is 6.42 Å². The van der Waals surface area contributed by atoms with E-state index in [1.807, 2.05) is 6.07 Å². The summed E-state index contributed by atoms with van der Waals surface area (Å²) in [5.41, 5.74) is 3.33. The van der Waals surface area contributed by atoms with E-state index in [9.17, 15) is 5.11 Å². The second-order valence-corrected chi connectivity index (χ2v) is 7.47. The highest BCUT2D eigenvalue weighted by Gasteiger charge is 2.42. The zero-order valence-corrected chi connectivity index (χ0v) is 14.1. The van der Waals surface area contributed by atoms with Crippen molar-refractivity contribution in [2.24, 2.45) is 5.92 Å². The Kier molecular flexibility index (Phi) is 3.96. The van der Waals surface area contributed by atoms with Gasteiger partial charge in [0.25, 0.3) is 0 Å². The van der Waals surface area contributed by atoms with Gasteiger partial charge in [-0.05, 0) is 75.5 Å². The Labute approximate surface area is 134 Å². The summed E-state index contributed by atoms with van der Waals surface area (Å²) >= 11 is 0. The highest BCUT2D eigenvalue weighted by Crippen LogP contribution is 2.53. The molecule has 1 N–H and O–H groups in total. The standard InChI is InChI=1S/C20H28O2/c1-5-6-14-11-17(21)19-16-8-10-20(4,22-18(19)12-14)9-7-15(16)13(2)3/h11-12,15-16,21H,2,5-10H2,1,3-4H3/t15?,16-,20-/m1/s1. The van der Waals surface area contributed by atoms with E-state index in [1.54, 1.807) is 0 Å². The van der Waals surface area contributed by atoms with E-state index in [2.05, 4.69) is 33.4 Å². The smallest absolute Gasteiger partial charge is 0.127 e. The van der Waals surface area contributed by atoms with Crippen LogP contribution in [0.1, 0.15) is 69.9 Å². The monoisotopic (exact) mass is 300 g/mol. The summed E-state index contributed by atoms with van der Waals surface area (Å²) in [6.45, 7) is 10.7. The van der Waals surface area contributed by atoms with Gasteiger partial charge in [-0.3, -0.25) is 0 Å². The van der Waals surface area contributed by atoms with Crippen LogP contribution in [-0.4, -0.2) is 10.7 Å². The first-order valence-electron chi connectivity index (χ1n) is 8.64. The van der Waals surface area contributed by atoms with Crippen LogP contribution in [0.5, 0.6) is 11.5 Å². The third kappa shape index (κ3) is 2.64. The molecule has 2 heteroatoms. The van der Waals surface area contributed by atoms with E-state index in [4.69, 9.17) is 4.74 Å². The van der Waals surface area contributed by atoms with Crippen LogP contribution in [0.25, 0.3) is 0 Å². The lowest BCUT2D eigenvalue weighted by molar-refractivity contribution is 0.0723. The van der Waals surface area contributed by atoms with Crippen molar-refractivity contribution >= 4 is 0 Å². The molecule has 3 rings (SSSR count). The molecule has 1 aliphatic heterocycles. The minimum atomic E-state index is -0.106. The van der Waals surface area contributed by atoms with Crippen molar-refractivity contribution in [3.63, 3.8) is 0 Å². The number of aromatic hydroxyl groups is 1. The first kappa shape index (κ1) is 15.5. The third-order valence-corrected chi connectivity index (χ3v) is 5.53. The number of fused-ring (bicyclic) bond motifs is 5. The first-order valence-corrected chi connectivity index (χ1v) is 8.64. The van der Waals surface area contributed by atoms with Gasteiger partial charge in [-0.2, -0.15) is 0 Å². The van der Waals surface area contributed by atoms with Gasteiger partial charge in [-0.15, -0.1) is 0 Å². The molecule has 120 valence electrons. The summed E-state index contributed by atoms with van der Waals surface area (Å²) in [6.07, 6.45) is 6.36. The number of phenolic OH excluding ortho intramolecular Hbond substituents is 1. The van der Waals surface area contributed by atoms with E-state index in [0.717, 1.165) is 49.8 Å². The molecular weight excluding hydrogens is 272 g/mol. The van der Waals surface area contributed by atoms with Gasteiger partial charge < -0.3 is 9.84 Å². The van der Waals surface area contributed by atoms with Crippen molar-refractivity contribution in [3.8, 4) is 11.5 Å². The van der Waals surface area contributed by atoms with Gasteiger partial charge in [0.15, 0.2) is 0 Å². The molecule has 1 aliphatic carbocycles. The van der Waals surface area contributed by atoms with Gasteiger partial charge in [0, 0.05) is 5.56 Å². The van der Waals surface area contributed by atoms with Crippen molar-refractivity contribution in [1.82, 2.24) is 0 Å². The van der Waals surface area contributed by atoms with Crippen LogP contribution in [0.4, 0.5) is 0 Å². The number of ether oxygens (including phenoxy) is 1. The average Bonchev–Trinajstić information content (AvgIpc) is 2.66. The number of allylic oxidation sites excluding steroid dienone is 1. The van der Waals surface area contributed by atoms with Crippen LogP contribution in [0.3, 0.4) is 0 Å². The third-order valence-electron chi connectivity index (χ3n) is 5.53. The SMILES string of the molecule is C=C(C)C1CC[C@]2(C)CC[C@H]1c1c(O)cc(CCC)cc1O2. The van der Waals surface area contributed by atoms with E-state index in [-0.39, 0.29) is 5.60 Å². The Balaban J connectivity index is 2.13. The highest BCUT2D eigenvalue weighted by molar-refractivity contribution is 5.51. The molecule has 1 aromatic carbocycles. The molecule has 1 aromatic rings. The Morgan fingerprint density at radius 2 is 2.09 bits per heavy atom. The normalized spacial score (nSPS) is 30.1. The van der Waals surface area contributed by atoms with Crippen LogP contribution in [0, 0.1) is 5.92 Å². The lowest BCUT2D eigenvalue weighted by atomic mass is 9.78. The minimum Gasteiger partial charge on any atom is -0.508 e. The van der Waals surface area contributed by atoms with Crippen LogP contribution in [0.2, 0.25) is 0 Å². The summed E-state index contributed by atoms with van der Waals surface area (Å²) < 4.78 is 6.42. The Morgan fingerprint density at radius 3 is 2.77 bits per heavy atom. The van der Waals surface area contributed by atoms with E-state index < -0.39 is 0 Å². The number of aryl methyl sites for hydroxylation is 1. The summed E-state index contributed by atoms with van der Waals surface area (Å²) in [5, 5.41) is 10.7. The molecule has 0 aromatic heterocycles. The average molecular weight is 300 g/mol. The molecule has 22 heavy (non-hydrogen) atoms. The molecule has 1 heterocycles. The maximum Gasteiger partial charge on any atom is 0.127 e. The zero-order chi connectivity index (χ0) is 15.9. The molecule has 0 radical (unpaired) electrons. The second-order valence-electron chi connectivity index (χ2n) is 7.47. The molecule has 0 saturated heterocycles. The maximum absolute atomic E-state index is 10.7. The van der Waals surface area contributed by atoms with Gasteiger partial charge in [0.05, 0.1) is 0 Å². The molecule has 2 bridgehead atoms. The summed E-state index contributed by atoms with van der Waals surface area (Å²) in [6, 6.07) is 4.11. The van der Waals surface area contributed by atoms with Gasteiger partial charge in [-0.25, -0.2) is 0 Å². The molecule has 1 fully saturated rings. The zero-order valence-electron chi connectivity index (χ0n) is 14.1.